The third-order valence-corrected chi connectivity index (χ3v) is 5.41. The average Bonchev–Trinajstić information content (AvgIpc) is 3.04. The summed E-state index contributed by atoms with van der Waals surface area (Å²) < 4.78 is 2.11. The van der Waals surface area contributed by atoms with Crippen molar-refractivity contribution < 1.29 is 0 Å². The average molecular weight is 451 g/mol. The molecule has 0 aromatic carbocycles. The fourth-order valence-electron chi connectivity index (χ4n) is 2.55. The maximum absolute atomic E-state index is 4.82. The van der Waals surface area contributed by atoms with Crippen molar-refractivity contribution in [2.24, 2.45) is 10.9 Å². The molecule has 1 unspecified atom stereocenters. The summed E-state index contributed by atoms with van der Waals surface area (Å²) in [4.78, 5) is 11.3. The second-order valence-corrected chi connectivity index (χ2v) is 7.34. The molecule has 132 valence electrons. The van der Waals surface area contributed by atoms with Crippen LogP contribution in [0.5, 0.6) is 0 Å². The Kier molecular flexibility index (Phi) is 10.0. The predicted molar refractivity (Wildman–Crippen MR) is 111 cm³/mol. The molecule has 2 rings (SSSR count). The third kappa shape index (κ3) is 6.91. The number of guanidine groups is 1. The van der Waals surface area contributed by atoms with Crippen molar-refractivity contribution in [2.45, 2.75) is 39.0 Å². The van der Waals surface area contributed by atoms with Gasteiger partial charge in [-0.3, -0.25) is 4.99 Å². The van der Waals surface area contributed by atoms with Gasteiger partial charge in [0.05, 0.1) is 6.33 Å². The molecule has 0 amide bonds. The van der Waals surface area contributed by atoms with E-state index in [1.807, 2.05) is 18.7 Å². The van der Waals surface area contributed by atoms with Gasteiger partial charge in [0.1, 0.15) is 0 Å². The SMILES string of the molecule is CCNC(=NCCCn1ccnc1)N1CCSC(C(C)C)C1.I. The molecule has 7 heteroatoms. The Morgan fingerprint density at radius 1 is 1.48 bits per heavy atom. The number of aliphatic imine (C=N–C) groups is 1. The van der Waals surface area contributed by atoms with E-state index in [9.17, 15) is 0 Å². The summed E-state index contributed by atoms with van der Waals surface area (Å²) in [6, 6.07) is 0. The molecule has 1 fully saturated rings. The van der Waals surface area contributed by atoms with Crippen molar-refractivity contribution in [3.8, 4) is 0 Å². The zero-order valence-corrected chi connectivity index (χ0v) is 17.6. The number of hydrogen-bond donors (Lipinski definition) is 1. The Labute approximate surface area is 161 Å². The van der Waals surface area contributed by atoms with Crippen molar-refractivity contribution in [3.63, 3.8) is 0 Å². The lowest BCUT2D eigenvalue weighted by molar-refractivity contribution is 0.380. The number of thioether (sulfide) groups is 1. The second-order valence-electron chi connectivity index (χ2n) is 5.99. The summed E-state index contributed by atoms with van der Waals surface area (Å²) in [5.74, 6) is 3.00. The van der Waals surface area contributed by atoms with Crippen molar-refractivity contribution in [2.75, 3.05) is 31.9 Å². The smallest absolute Gasteiger partial charge is 0.193 e. The molecule has 0 aliphatic carbocycles. The summed E-state index contributed by atoms with van der Waals surface area (Å²) in [6.07, 6.45) is 6.74. The number of hydrogen-bond acceptors (Lipinski definition) is 3. The minimum Gasteiger partial charge on any atom is -0.357 e. The van der Waals surface area contributed by atoms with E-state index in [0.29, 0.717) is 5.25 Å². The molecule has 0 radical (unpaired) electrons. The second kappa shape index (κ2) is 11.2. The Morgan fingerprint density at radius 3 is 2.96 bits per heavy atom. The normalized spacial score (nSPS) is 18.9. The van der Waals surface area contributed by atoms with Gasteiger partial charge >= 0.3 is 0 Å². The predicted octanol–water partition coefficient (Wildman–Crippen LogP) is 2.93. The Morgan fingerprint density at radius 2 is 2.30 bits per heavy atom. The molecular weight excluding hydrogens is 421 g/mol. The molecule has 1 aliphatic rings. The van der Waals surface area contributed by atoms with E-state index in [-0.39, 0.29) is 24.0 Å². The van der Waals surface area contributed by atoms with E-state index >= 15 is 0 Å². The van der Waals surface area contributed by atoms with Gasteiger partial charge < -0.3 is 14.8 Å². The third-order valence-electron chi connectivity index (χ3n) is 3.87. The van der Waals surface area contributed by atoms with Gasteiger partial charge in [-0.25, -0.2) is 4.98 Å². The first-order chi connectivity index (χ1) is 10.7. The number of nitrogens with one attached hydrogen (secondary N) is 1. The number of nitrogens with zero attached hydrogens (tertiary/aromatic N) is 4. The first-order valence-electron chi connectivity index (χ1n) is 8.31. The van der Waals surface area contributed by atoms with Crippen LogP contribution in [0, 0.1) is 5.92 Å². The van der Waals surface area contributed by atoms with Crippen LogP contribution in [0.25, 0.3) is 0 Å². The van der Waals surface area contributed by atoms with Gasteiger partial charge in [-0.15, -0.1) is 24.0 Å². The lowest BCUT2D eigenvalue weighted by Gasteiger charge is -2.36. The summed E-state index contributed by atoms with van der Waals surface area (Å²) in [5.41, 5.74) is 0. The van der Waals surface area contributed by atoms with Gasteiger partial charge in [0.15, 0.2) is 5.96 Å². The number of aryl methyl sites for hydroxylation is 1. The Balaban J connectivity index is 0.00000264. The number of rotatable bonds is 6. The lowest BCUT2D eigenvalue weighted by Crippen LogP contribution is -2.49. The number of halogens is 1. The molecule has 0 bridgehead atoms. The first-order valence-corrected chi connectivity index (χ1v) is 9.36. The maximum Gasteiger partial charge on any atom is 0.193 e. The molecule has 1 atom stereocenters. The van der Waals surface area contributed by atoms with Gasteiger partial charge in [-0.2, -0.15) is 11.8 Å². The van der Waals surface area contributed by atoms with Crippen LogP contribution < -0.4 is 5.32 Å². The van der Waals surface area contributed by atoms with E-state index in [4.69, 9.17) is 4.99 Å². The number of imidazole rings is 1. The quantitative estimate of drug-likeness (QED) is 0.313. The van der Waals surface area contributed by atoms with Crippen LogP contribution in [-0.2, 0) is 6.54 Å². The highest BCUT2D eigenvalue weighted by Crippen LogP contribution is 2.24. The molecule has 1 aromatic rings. The van der Waals surface area contributed by atoms with Gasteiger partial charge in [-0.1, -0.05) is 13.8 Å². The van der Waals surface area contributed by atoms with Crippen LogP contribution in [0.1, 0.15) is 27.2 Å². The molecule has 0 saturated carbocycles. The molecular formula is C16H30IN5S. The molecule has 1 saturated heterocycles. The molecule has 23 heavy (non-hydrogen) atoms. The highest BCUT2D eigenvalue weighted by atomic mass is 127. The highest BCUT2D eigenvalue weighted by molar-refractivity contribution is 14.0. The Bertz CT molecular complexity index is 449. The zero-order chi connectivity index (χ0) is 15.8. The first kappa shape index (κ1) is 20.6. The minimum absolute atomic E-state index is 0. The van der Waals surface area contributed by atoms with Gasteiger partial charge in [0.2, 0.25) is 0 Å². The monoisotopic (exact) mass is 451 g/mol. The van der Waals surface area contributed by atoms with E-state index in [2.05, 4.69) is 52.3 Å². The Hall–Kier alpha value is -0.440. The van der Waals surface area contributed by atoms with E-state index in [1.54, 1.807) is 0 Å². The van der Waals surface area contributed by atoms with Crippen LogP contribution in [0.4, 0.5) is 0 Å². The summed E-state index contributed by atoms with van der Waals surface area (Å²) in [7, 11) is 0. The summed E-state index contributed by atoms with van der Waals surface area (Å²) >= 11 is 2.10. The van der Waals surface area contributed by atoms with Crippen molar-refractivity contribution in [3.05, 3.63) is 18.7 Å². The fourth-order valence-corrected chi connectivity index (χ4v) is 3.85. The highest BCUT2D eigenvalue weighted by Gasteiger charge is 2.24. The maximum atomic E-state index is 4.82. The van der Waals surface area contributed by atoms with Crippen LogP contribution in [0.15, 0.2) is 23.7 Å². The molecule has 1 aliphatic heterocycles. The standard InChI is InChI=1S/C16H29N5S.HI/c1-4-18-16(19-6-5-8-20-9-7-17-13-20)21-10-11-22-15(12-21)14(2)3;/h7,9,13-15H,4-6,8,10-12H2,1-3H3,(H,18,19);1H. The summed E-state index contributed by atoms with van der Waals surface area (Å²) in [6.45, 7) is 11.7. The van der Waals surface area contributed by atoms with Crippen molar-refractivity contribution in [1.29, 1.82) is 0 Å². The zero-order valence-electron chi connectivity index (χ0n) is 14.4. The number of aromatic nitrogens is 2. The van der Waals surface area contributed by atoms with E-state index in [1.165, 1.54) is 5.75 Å². The van der Waals surface area contributed by atoms with Crippen LogP contribution in [0.2, 0.25) is 0 Å². The summed E-state index contributed by atoms with van der Waals surface area (Å²) in [5, 5.41) is 4.16. The molecule has 1 N–H and O–H groups in total. The van der Waals surface area contributed by atoms with Gasteiger partial charge in [0.25, 0.3) is 0 Å². The minimum atomic E-state index is 0. The molecule has 0 spiro atoms. The van der Waals surface area contributed by atoms with Crippen LogP contribution in [0.3, 0.4) is 0 Å². The van der Waals surface area contributed by atoms with Gasteiger partial charge in [-0.05, 0) is 19.3 Å². The lowest BCUT2D eigenvalue weighted by atomic mass is 10.1. The largest absolute Gasteiger partial charge is 0.357 e. The molecule has 5 nitrogen and oxygen atoms in total. The fraction of sp³-hybridized carbons (Fsp3) is 0.750. The van der Waals surface area contributed by atoms with E-state index < -0.39 is 0 Å². The van der Waals surface area contributed by atoms with Crippen LogP contribution in [-0.4, -0.2) is 57.6 Å². The topological polar surface area (TPSA) is 45.5 Å². The molecule has 2 heterocycles. The van der Waals surface area contributed by atoms with Crippen molar-refractivity contribution in [1.82, 2.24) is 19.8 Å². The van der Waals surface area contributed by atoms with E-state index in [0.717, 1.165) is 51.0 Å². The molecule has 1 aromatic heterocycles. The van der Waals surface area contributed by atoms with Crippen LogP contribution >= 0.6 is 35.7 Å². The van der Waals surface area contributed by atoms with Gasteiger partial charge in [0, 0.05) is 56.1 Å². The van der Waals surface area contributed by atoms with Crippen molar-refractivity contribution >= 4 is 41.7 Å².